The van der Waals surface area contributed by atoms with Gasteiger partial charge in [0.05, 0.1) is 22.8 Å². The van der Waals surface area contributed by atoms with Gasteiger partial charge in [0, 0.05) is 25.5 Å². The van der Waals surface area contributed by atoms with Crippen molar-refractivity contribution >= 4 is 65.4 Å². The van der Waals surface area contributed by atoms with E-state index in [1.165, 1.54) is 21.9 Å². The summed E-state index contributed by atoms with van der Waals surface area (Å²) in [5.41, 5.74) is 8.59. The molecule has 0 fully saturated rings. The Bertz CT molecular complexity index is 1430. The van der Waals surface area contributed by atoms with E-state index in [-0.39, 0.29) is 0 Å². The zero-order valence-electron chi connectivity index (χ0n) is 19.7. The molecule has 4 aromatic rings. The Hall–Kier alpha value is -2.56. The molecule has 0 amide bonds. The van der Waals surface area contributed by atoms with Crippen LogP contribution in [0.1, 0.15) is 61.8 Å². The van der Waals surface area contributed by atoms with Gasteiger partial charge in [-0.3, -0.25) is 0 Å². The van der Waals surface area contributed by atoms with Gasteiger partial charge in [-0.05, 0) is 72.3 Å². The van der Waals surface area contributed by atoms with Crippen LogP contribution in [0.5, 0.6) is 0 Å². The highest BCUT2D eigenvalue weighted by Gasteiger charge is 2.28. The van der Waals surface area contributed by atoms with Gasteiger partial charge >= 0.3 is 0 Å². The van der Waals surface area contributed by atoms with Crippen LogP contribution in [0.3, 0.4) is 0 Å². The van der Waals surface area contributed by atoms with Crippen molar-refractivity contribution in [1.29, 1.82) is 0 Å². The Morgan fingerprint density at radius 2 is 1.00 bits per heavy atom. The molecule has 0 saturated heterocycles. The van der Waals surface area contributed by atoms with Gasteiger partial charge in [0.1, 0.15) is 0 Å². The zero-order valence-corrected chi connectivity index (χ0v) is 22.9. The van der Waals surface area contributed by atoms with Crippen LogP contribution in [-0.4, -0.2) is 11.4 Å². The molecule has 0 spiro atoms. The van der Waals surface area contributed by atoms with Gasteiger partial charge in [0.15, 0.2) is 0 Å². The third-order valence-corrected chi connectivity index (χ3v) is 7.65. The molecule has 1 aliphatic rings. The standard InChI is InChI=1S/C30H26Br2N2/c1-17(2)20-11-7-12-21(18(3)4)27(20)33-28-22-13-5-9-19-10-6-14-23(26(19)22)29(28)34-30-24(31)15-8-16-25(30)32/h5-18H,1-4H3/b33-28+,34-29+. The summed E-state index contributed by atoms with van der Waals surface area (Å²) in [6, 6.07) is 25.5. The summed E-state index contributed by atoms with van der Waals surface area (Å²) in [7, 11) is 0. The number of benzene rings is 4. The van der Waals surface area contributed by atoms with E-state index in [4.69, 9.17) is 9.98 Å². The minimum atomic E-state index is 0.371. The van der Waals surface area contributed by atoms with Gasteiger partial charge in [0.25, 0.3) is 0 Å². The molecule has 0 N–H and O–H groups in total. The molecular weight excluding hydrogens is 548 g/mol. The first kappa shape index (κ1) is 23.2. The number of hydrogen-bond donors (Lipinski definition) is 0. The highest BCUT2D eigenvalue weighted by Crippen LogP contribution is 2.40. The highest BCUT2D eigenvalue weighted by molar-refractivity contribution is 9.11. The summed E-state index contributed by atoms with van der Waals surface area (Å²) >= 11 is 7.40. The van der Waals surface area contributed by atoms with Crippen molar-refractivity contribution < 1.29 is 0 Å². The first-order chi connectivity index (χ1) is 16.4. The largest absolute Gasteiger partial charge is 0.245 e. The monoisotopic (exact) mass is 572 g/mol. The fourth-order valence-electron chi connectivity index (χ4n) is 4.68. The van der Waals surface area contributed by atoms with E-state index >= 15 is 0 Å². The number of para-hydroxylation sites is 2. The van der Waals surface area contributed by atoms with E-state index in [1.54, 1.807) is 0 Å². The zero-order chi connectivity index (χ0) is 24.0. The second-order valence-electron chi connectivity index (χ2n) is 9.29. The summed E-state index contributed by atoms with van der Waals surface area (Å²) in [6.07, 6.45) is 0. The maximum absolute atomic E-state index is 5.43. The lowest BCUT2D eigenvalue weighted by atomic mass is 9.92. The molecule has 5 rings (SSSR count). The van der Waals surface area contributed by atoms with Gasteiger partial charge in [-0.25, -0.2) is 9.98 Å². The topological polar surface area (TPSA) is 24.7 Å². The first-order valence-corrected chi connectivity index (χ1v) is 13.2. The summed E-state index contributed by atoms with van der Waals surface area (Å²) in [5.74, 6) is 0.742. The number of hydrogen-bond acceptors (Lipinski definition) is 2. The predicted molar refractivity (Wildman–Crippen MR) is 153 cm³/mol. The summed E-state index contributed by atoms with van der Waals surface area (Å²) < 4.78 is 1.89. The SMILES string of the molecule is CC(C)c1cccc(C(C)C)c1/N=C1/C(=N/c2c(Br)cccc2Br)c2cccc3cccc1c23. The van der Waals surface area contributed by atoms with Gasteiger partial charge in [-0.15, -0.1) is 0 Å². The van der Waals surface area contributed by atoms with Crippen molar-refractivity contribution in [3.05, 3.63) is 104 Å². The van der Waals surface area contributed by atoms with Gasteiger partial charge in [-0.2, -0.15) is 0 Å². The molecule has 0 unspecified atom stereocenters. The minimum Gasteiger partial charge on any atom is -0.245 e. The van der Waals surface area contributed by atoms with Crippen LogP contribution in [-0.2, 0) is 0 Å². The molecule has 1 aliphatic carbocycles. The molecule has 4 heteroatoms. The third-order valence-electron chi connectivity index (χ3n) is 6.37. The smallest absolute Gasteiger partial charge is 0.0979 e. The van der Waals surface area contributed by atoms with Crippen molar-refractivity contribution in [2.24, 2.45) is 9.98 Å². The number of rotatable bonds is 4. The normalized spacial score (nSPS) is 15.4. The first-order valence-electron chi connectivity index (χ1n) is 11.6. The Morgan fingerprint density at radius 3 is 1.50 bits per heavy atom. The van der Waals surface area contributed by atoms with Gasteiger partial charge < -0.3 is 0 Å². The molecular formula is C30H26Br2N2. The van der Waals surface area contributed by atoms with Crippen LogP contribution >= 0.6 is 31.9 Å². The van der Waals surface area contributed by atoms with E-state index in [2.05, 4.69) is 114 Å². The van der Waals surface area contributed by atoms with Crippen LogP contribution in [0.4, 0.5) is 11.4 Å². The average molecular weight is 574 g/mol. The summed E-state index contributed by atoms with van der Waals surface area (Å²) in [4.78, 5) is 10.6. The van der Waals surface area contributed by atoms with E-state index in [0.29, 0.717) is 11.8 Å². The minimum absolute atomic E-state index is 0.371. The lowest BCUT2D eigenvalue weighted by Crippen LogP contribution is -2.11. The predicted octanol–water partition coefficient (Wildman–Crippen LogP) is 9.87. The molecule has 0 bridgehead atoms. The van der Waals surface area contributed by atoms with Crippen molar-refractivity contribution in [2.45, 2.75) is 39.5 Å². The average Bonchev–Trinajstić information content (AvgIpc) is 3.10. The molecule has 0 aliphatic heterocycles. The third kappa shape index (κ3) is 3.97. The Balaban J connectivity index is 1.86. The lowest BCUT2D eigenvalue weighted by Gasteiger charge is -2.17. The maximum Gasteiger partial charge on any atom is 0.0979 e. The fraction of sp³-hybridized carbons (Fsp3) is 0.200. The second-order valence-corrected chi connectivity index (χ2v) is 11.0. The molecule has 0 atom stereocenters. The molecule has 0 saturated carbocycles. The Labute approximate surface area is 218 Å². The van der Waals surface area contributed by atoms with Crippen LogP contribution < -0.4 is 0 Å². The number of nitrogens with zero attached hydrogens (tertiary/aromatic N) is 2. The molecule has 0 aromatic heterocycles. The van der Waals surface area contributed by atoms with E-state index in [9.17, 15) is 0 Å². The van der Waals surface area contributed by atoms with Crippen molar-refractivity contribution in [2.75, 3.05) is 0 Å². The molecule has 2 nitrogen and oxygen atoms in total. The number of aliphatic imine (C=N–C) groups is 2. The van der Waals surface area contributed by atoms with Crippen LogP contribution in [0, 0.1) is 0 Å². The molecule has 170 valence electrons. The maximum atomic E-state index is 5.43. The highest BCUT2D eigenvalue weighted by atomic mass is 79.9. The molecule has 4 aromatic carbocycles. The lowest BCUT2D eigenvalue weighted by molar-refractivity contribution is 0.835. The number of halogens is 2. The van der Waals surface area contributed by atoms with Gasteiger partial charge in [-0.1, -0.05) is 88.4 Å². The fourth-order valence-corrected chi connectivity index (χ4v) is 5.85. The van der Waals surface area contributed by atoms with Crippen LogP contribution in [0.2, 0.25) is 0 Å². The van der Waals surface area contributed by atoms with Crippen molar-refractivity contribution in [1.82, 2.24) is 0 Å². The second kappa shape index (κ2) is 9.24. The van der Waals surface area contributed by atoms with Gasteiger partial charge in [0.2, 0.25) is 0 Å². The van der Waals surface area contributed by atoms with Crippen molar-refractivity contribution in [3.8, 4) is 0 Å². The summed E-state index contributed by atoms with van der Waals surface area (Å²) in [6.45, 7) is 8.95. The van der Waals surface area contributed by atoms with E-state index in [1.807, 2.05) is 18.2 Å². The summed E-state index contributed by atoms with van der Waals surface area (Å²) in [5, 5.41) is 2.43. The molecule has 34 heavy (non-hydrogen) atoms. The molecule has 0 radical (unpaired) electrons. The van der Waals surface area contributed by atoms with Crippen LogP contribution in [0.25, 0.3) is 10.8 Å². The van der Waals surface area contributed by atoms with E-state index in [0.717, 1.165) is 42.9 Å². The molecule has 0 heterocycles. The Kier molecular flexibility index (Phi) is 6.30. The Morgan fingerprint density at radius 1 is 0.559 bits per heavy atom. The van der Waals surface area contributed by atoms with Crippen molar-refractivity contribution in [3.63, 3.8) is 0 Å². The quantitative estimate of drug-likeness (QED) is 0.232. The van der Waals surface area contributed by atoms with Crippen LogP contribution in [0.15, 0.2) is 91.7 Å². The van der Waals surface area contributed by atoms with E-state index < -0.39 is 0 Å².